The number of pyridine rings is 1. The Morgan fingerprint density at radius 1 is 1.30 bits per heavy atom. The van der Waals surface area contributed by atoms with E-state index in [4.69, 9.17) is 23.2 Å². The van der Waals surface area contributed by atoms with E-state index in [1.54, 1.807) is 23.6 Å². The molecule has 2 heterocycles. The number of nitrogens with zero attached hydrogens (tertiary/aromatic N) is 3. The minimum absolute atomic E-state index is 0.478. The van der Waals surface area contributed by atoms with E-state index >= 15 is 0 Å². The third-order valence-electron chi connectivity index (χ3n) is 2.80. The van der Waals surface area contributed by atoms with Gasteiger partial charge < -0.3 is 0 Å². The molecule has 2 aromatic heterocycles. The molecule has 0 spiro atoms. The Balaban J connectivity index is 1.99. The molecule has 0 unspecified atom stereocenters. The summed E-state index contributed by atoms with van der Waals surface area (Å²) in [6.45, 7) is 5.77. The summed E-state index contributed by atoms with van der Waals surface area (Å²) in [5.74, 6) is 0.478. The van der Waals surface area contributed by atoms with Crippen molar-refractivity contribution in [3.8, 4) is 0 Å². The zero-order valence-corrected chi connectivity index (χ0v) is 14.1. The van der Waals surface area contributed by atoms with Gasteiger partial charge in [0.05, 0.1) is 26.4 Å². The van der Waals surface area contributed by atoms with Crippen molar-refractivity contribution in [3.63, 3.8) is 0 Å². The van der Waals surface area contributed by atoms with E-state index in [0.29, 0.717) is 22.5 Å². The maximum Gasteiger partial charge on any atom is 0.0954 e. The first kappa shape index (κ1) is 15.7. The van der Waals surface area contributed by atoms with Gasteiger partial charge >= 0.3 is 0 Å². The monoisotopic (exact) mass is 329 g/mol. The lowest BCUT2D eigenvalue weighted by Crippen LogP contribution is -2.18. The Kier molecular flexibility index (Phi) is 5.38. The molecule has 0 saturated carbocycles. The molecule has 2 rings (SSSR count). The van der Waals surface area contributed by atoms with Crippen molar-refractivity contribution in [2.45, 2.75) is 32.9 Å². The molecule has 2 aromatic rings. The maximum absolute atomic E-state index is 6.14. The van der Waals surface area contributed by atoms with Gasteiger partial charge in [0.15, 0.2) is 0 Å². The lowest BCUT2D eigenvalue weighted by Gasteiger charge is -2.15. The molecule has 0 N–H and O–H groups in total. The van der Waals surface area contributed by atoms with Crippen molar-refractivity contribution >= 4 is 34.5 Å². The number of rotatable bonds is 5. The van der Waals surface area contributed by atoms with Gasteiger partial charge in [-0.2, -0.15) is 0 Å². The van der Waals surface area contributed by atoms with E-state index in [9.17, 15) is 0 Å². The second kappa shape index (κ2) is 6.85. The predicted molar refractivity (Wildman–Crippen MR) is 85.6 cm³/mol. The molecule has 0 aliphatic rings. The second-order valence-electron chi connectivity index (χ2n) is 5.09. The average molecular weight is 330 g/mol. The molecule has 0 aliphatic carbocycles. The second-order valence-corrected chi connectivity index (χ2v) is 6.82. The average Bonchev–Trinajstić information content (AvgIpc) is 2.81. The molecule has 0 fully saturated rings. The summed E-state index contributed by atoms with van der Waals surface area (Å²) in [7, 11) is 2.03. The van der Waals surface area contributed by atoms with E-state index < -0.39 is 0 Å². The Labute approximate surface area is 133 Å². The number of aromatic nitrogens is 2. The van der Waals surface area contributed by atoms with Crippen molar-refractivity contribution in [3.05, 3.63) is 44.1 Å². The van der Waals surface area contributed by atoms with Gasteiger partial charge in [0.1, 0.15) is 0 Å². The van der Waals surface area contributed by atoms with Crippen molar-refractivity contribution < 1.29 is 0 Å². The van der Waals surface area contributed by atoms with Crippen LogP contribution in [0.15, 0.2) is 17.6 Å². The quantitative estimate of drug-likeness (QED) is 0.802. The molecule has 0 amide bonds. The smallest absolute Gasteiger partial charge is 0.0954 e. The minimum atomic E-state index is 0.478. The Bertz CT molecular complexity index is 584. The summed E-state index contributed by atoms with van der Waals surface area (Å²) >= 11 is 13.7. The fourth-order valence-electron chi connectivity index (χ4n) is 1.81. The lowest BCUT2D eigenvalue weighted by molar-refractivity contribution is 0.311. The third kappa shape index (κ3) is 4.16. The topological polar surface area (TPSA) is 29.0 Å². The van der Waals surface area contributed by atoms with Gasteiger partial charge in [-0.25, -0.2) is 4.98 Å². The van der Waals surface area contributed by atoms with E-state index in [2.05, 4.69) is 34.1 Å². The van der Waals surface area contributed by atoms with Crippen molar-refractivity contribution in [2.24, 2.45) is 0 Å². The van der Waals surface area contributed by atoms with Gasteiger partial charge in [-0.05, 0) is 13.1 Å². The van der Waals surface area contributed by atoms with Crippen LogP contribution in [0.1, 0.15) is 36.2 Å². The first-order chi connectivity index (χ1) is 9.45. The van der Waals surface area contributed by atoms with Crippen molar-refractivity contribution in [2.75, 3.05) is 7.05 Å². The van der Waals surface area contributed by atoms with Crippen LogP contribution in [-0.2, 0) is 13.1 Å². The molecule has 0 bridgehead atoms. The summed E-state index contributed by atoms with van der Waals surface area (Å²) in [6, 6.07) is 1.72. The van der Waals surface area contributed by atoms with Gasteiger partial charge in [0, 0.05) is 30.6 Å². The van der Waals surface area contributed by atoms with Gasteiger partial charge in [0.2, 0.25) is 0 Å². The number of thiazole rings is 1. The molecular formula is C14H17Cl2N3S. The molecule has 0 aliphatic heterocycles. The molecule has 0 aromatic carbocycles. The van der Waals surface area contributed by atoms with Crippen LogP contribution in [0.3, 0.4) is 0 Å². The fraction of sp³-hybridized carbons (Fsp3) is 0.429. The molecule has 6 heteroatoms. The minimum Gasteiger partial charge on any atom is -0.295 e. The highest BCUT2D eigenvalue weighted by molar-refractivity contribution is 7.09. The maximum atomic E-state index is 6.14. The van der Waals surface area contributed by atoms with Gasteiger partial charge in [-0.1, -0.05) is 37.0 Å². The third-order valence-corrected chi connectivity index (χ3v) is 4.53. The molecule has 108 valence electrons. The Morgan fingerprint density at radius 3 is 2.65 bits per heavy atom. The molecule has 0 radical (unpaired) electrons. The van der Waals surface area contributed by atoms with Gasteiger partial charge in [0.25, 0.3) is 0 Å². The highest BCUT2D eigenvalue weighted by Gasteiger charge is 2.10. The molecular weight excluding hydrogens is 313 g/mol. The summed E-state index contributed by atoms with van der Waals surface area (Å²) in [5.41, 5.74) is 1.92. The molecule has 20 heavy (non-hydrogen) atoms. The van der Waals surface area contributed by atoms with E-state index in [-0.39, 0.29) is 0 Å². The Hall–Kier alpha value is -0.680. The normalized spacial score (nSPS) is 11.6. The van der Waals surface area contributed by atoms with Crippen LogP contribution in [0.4, 0.5) is 0 Å². The number of halogens is 2. The van der Waals surface area contributed by atoms with Crippen LogP contribution in [-0.4, -0.2) is 21.9 Å². The first-order valence-corrected chi connectivity index (χ1v) is 8.02. The zero-order chi connectivity index (χ0) is 14.7. The zero-order valence-electron chi connectivity index (χ0n) is 11.7. The highest BCUT2D eigenvalue weighted by Crippen LogP contribution is 2.22. The summed E-state index contributed by atoms with van der Waals surface area (Å²) in [4.78, 5) is 11.0. The lowest BCUT2D eigenvalue weighted by atomic mass is 10.2. The van der Waals surface area contributed by atoms with Crippen LogP contribution in [0.25, 0.3) is 0 Å². The van der Waals surface area contributed by atoms with Crippen LogP contribution < -0.4 is 0 Å². The van der Waals surface area contributed by atoms with Crippen LogP contribution in [0.2, 0.25) is 10.0 Å². The summed E-state index contributed by atoms with van der Waals surface area (Å²) < 4.78 is 0. The van der Waals surface area contributed by atoms with Crippen LogP contribution in [0, 0.1) is 0 Å². The fourth-order valence-corrected chi connectivity index (χ4v) is 3.07. The summed E-state index contributed by atoms with van der Waals surface area (Å²) in [5, 5.41) is 4.45. The highest BCUT2D eigenvalue weighted by atomic mass is 35.5. The molecule has 0 atom stereocenters. The standard InChI is InChI=1S/C14H17Cl2N3S/c1-9(2)14-18-11(8-20-14)6-19(3)7-13-12(16)4-10(15)5-17-13/h4-5,8-9H,6-7H2,1-3H3. The molecule has 0 saturated heterocycles. The van der Waals surface area contributed by atoms with E-state index in [1.807, 2.05) is 7.05 Å². The van der Waals surface area contributed by atoms with E-state index in [0.717, 1.165) is 17.9 Å². The number of hydrogen-bond donors (Lipinski definition) is 0. The number of hydrogen-bond acceptors (Lipinski definition) is 4. The van der Waals surface area contributed by atoms with Crippen molar-refractivity contribution in [1.82, 2.24) is 14.9 Å². The van der Waals surface area contributed by atoms with E-state index in [1.165, 1.54) is 5.01 Å². The molecule has 3 nitrogen and oxygen atoms in total. The van der Waals surface area contributed by atoms with Gasteiger partial charge in [-0.3, -0.25) is 9.88 Å². The Morgan fingerprint density at radius 2 is 2.05 bits per heavy atom. The van der Waals surface area contributed by atoms with Gasteiger partial charge in [-0.15, -0.1) is 11.3 Å². The first-order valence-electron chi connectivity index (χ1n) is 6.38. The predicted octanol–water partition coefficient (Wildman–Crippen LogP) is 4.60. The van der Waals surface area contributed by atoms with Crippen molar-refractivity contribution in [1.29, 1.82) is 0 Å². The SMILES string of the molecule is CC(C)c1nc(CN(C)Cc2ncc(Cl)cc2Cl)cs1. The van der Waals surface area contributed by atoms with Crippen LogP contribution in [0.5, 0.6) is 0 Å². The van der Waals surface area contributed by atoms with Crippen LogP contribution >= 0.6 is 34.5 Å². The summed E-state index contributed by atoms with van der Waals surface area (Å²) in [6.07, 6.45) is 1.62. The largest absolute Gasteiger partial charge is 0.295 e.